The van der Waals surface area contributed by atoms with E-state index in [1.165, 1.54) is 25.6 Å². The van der Waals surface area contributed by atoms with E-state index in [4.69, 9.17) is 0 Å². The van der Waals surface area contributed by atoms with E-state index in [2.05, 4.69) is 26.1 Å². The summed E-state index contributed by atoms with van der Waals surface area (Å²) in [5, 5.41) is 25.2. The van der Waals surface area contributed by atoms with Crippen molar-refractivity contribution >= 4 is 16.1 Å². The topological polar surface area (TPSA) is 107 Å². The molecule has 1 aromatic carbocycles. The highest BCUT2D eigenvalue weighted by Crippen LogP contribution is 2.69. The molecule has 5 rings (SSSR count). The Balaban J connectivity index is 1.20. The molecule has 8 heteroatoms. The molecule has 10 atom stereocenters. The highest BCUT2D eigenvalue weighted by Gasteiger charge is 2.64. The van der Waals surface area contributed by atoms with E-state index in [0.717, 1.165) is 62.1 Å². The molecule has 4 aliphatic carbocycles. The van der Waals surface area contributed by atoms with Gasteiger partial charge in [0, 0.05) is 13.6 Å². The van der Waals surface area contributed by atoms with E-state index in [1.54, 1.807) is 18.2 Å². The number of benzene rings is 1. The van der Waals surface area contributed by atoms with Crippen molar-refractivity contribution in [1.82, 2.24) is 9.62 Å². The monoisotopic (exact) mass is 574 g/mol. The number of aliphatic hydroxyl groups excluding tert-OH is 2. The number of carbonyl (C=O) groups is 1. The molecule has 2 amide bonds. The summed E-state index contributed by atoms with van der Waals surface area (Å²) < 4.78 is 26.3. The maximum atomic E-state index is 12.8. The molecule has 224 valence electrons. The number of hydrogen-bond acceptors (Lipinski definition) is 5. The summed E-state index contributed by atoms with van der Waals surface area (Å²) in [6.07, 6.45) is 9.72. The van der Waals surface area contributed by atoms with Gasteiger partial charge >= 0.3 is 6.03 Å². The van der Waals surface area contributed by atoms with Crippen molar-refractivity contribution in [2.75, 3.05) is 13.6 Å². The van der Waals surface area contributed by atoms with Gasteiger partial charge < -0.3 is 15.5 Å². The second-order valence-electron chi connectivity index (χ2n) is 13.9. The first-order valence-electron chi connectivity index (χ1n) is 15.6. The zero-order valence-corrected chi connectivity index (χ0v) is 25.6. The first-order valence-corrected chi connectivity index (χ1v) is 17.1. The molecule has 4 fully saturated rings. The number of hydrogen-bond donors (Lipinski definition) is 3. The predicted octanol–water partition coefficient (Wildman–Crippen LogP) is 5.42. The molecule has 4 saturated carbocycles. The number of carbonyl (C=O) groups excluding carboxylic acids is 1. The van der Waals surface area contributed by atoms with Crippen molar-refractivity contribution in [2.24, 2.45) is 46.3 Å². The second-order valence-corrected chi connectivity index (χ2v) is 15.8. The SMILES string of the molecule is CC[C@H]1[C@@H](O)[C@@H]2[C@H](CC[C@]3(C)[C@@H](CCCNC(=O)N(C)S(=O)(=O)c4ccccc4)CC[C@@H]23)[C@@]2(C)CC[C@@H](O)C[C@@H]12. The van der Waals surface area contributed by atoms with Gasteiger partial charge in [-0.1, -0.05) is 45.4 Å². The van der Waals surface area contributed by atoms with Crippen LogP contribution < -0.4 is 5.32 Å². The lowest BCUT2D eigenvalue weighted by Gasteiger charge is -2.64. The zero-order valence-electron chi connectivity index (χ0n) is 24.8. The Kier molecular flexibility index (Phi) is 8.37. The molecule has 0 spiro atoms. The molecule has 0 saturated heterocycles. The smallest absolute Gasteiger partial charge is 0.331 e. The number of sulfonamides is 1. The summed E-state index contributed by atoms with van der Waals surface area (Å²) in [6.45, 7) is 7.59. The quantitative estimate of drug-likeness (QED) is 0.377. The van der Waals surface area contributed by atoms with Crippen LogP contribution in [0.25, 0.3) is 0 Å². The van der Waals surface area contributed by atoms with Crippen molar-refractivity contribution in [3.05, 3.63) is 30.3 Å². The summed E-state index contributed by atoms with van der Waals surface area (Å²) in [5.41, 5.74) is 0.398. The molecule has 0 aliphatic heterocycles. The summed E-state index contributed by atoms with van der Waals surface area (Å²) >= 11 is 0. The molecule has 40 heavy (non-hydrogen) atoms. The van der Waals surface area contributed by atoms with Gasteiger partial charge in [-0.2, -0.15) is 0 Å². The van der Waals surface area contributed by atoms with Crippen LogP contribution in [0.3, 0.4) is 0 Å². The largest absolute Gasteiger partial charge is 0.393 e. The van der Waals surface area contributed by atoms with Crippen LogP contribution in [-0.2, 0) is 10.0 Å². The summed E-state index contributed by atoms with van der Waals surface area (Å²) in [6, 6.07) is 7.43. The highest BCUT2D eigenvalue weighted by atomic mass is 32.2. The lowest BCUT2D eigenvalue weighted by atomic mass is 9.41. The molecular formula is C32H50N2O5S. The number of nitrogens with one attached hydrogen (secondary N) is 1. The first-order chi connectivity index (χ1) is 18.9. The van der Waals surface area contributed by atoms with Crippen LogP contribution in [0.1, 0.15) is 85.0 Å². The molecule has 0 radical (unpaired) electrons. The van der Waals surface area contributed by atoms with Gasteiger partial charge in [-0.05, 0) is 116 Å². The molecule has 4 aliphatic rings. The Hall–Kier alpha value is -1.64. The van der Waals surface area contributed by atoms with E-state index < -0.39 is 16.1 Å². The van der Waals surface area contributed by atoms with Crippen LogP contribution >= 0.6 is 0 Å². The van der Waals surface area contributed by atoms with Gasteiger partial charge in [-0.3, -0.25) is 0 Å². The van der Waals surface area contributed by atoms with Crippen LogP contribution in [0, 0.1) is 46.3 Å². The minimum atomic E-state index is -3.87. The Labute approximate surface area is 241 Å². The van der Waals surface area contributed by atoms with Crippen molar-refractivity contribution < 1.29 is 23.4 Å². The van der Waals surface area contributed by atoms with E-state index in [0.29, 0.717) is 36.1 Å². The van der Waals surface area contributed by atoms with Gasteiger partial charge in [0.05, 0.1) is 17.1 Å². The second kappa shape index (κ2) is 11.2. The number of fused-ring (bicyclic) bond motifs is 5. The van der Waals surface area contributed by atoms with Gasteiger partial charge in [-0.25, -0.2) is 17.5 Å². The molecular weight excluding hydrogens is 524 g/mol. The third kappa shape index (κ3) is 4.90. The molecule has 3 N–H and O–H groups in total. The molecule has 0 unspecified atom stereocenters. The minimum Gasteiger partial charge on any atom is -0.393 e. The maximum absolute atomic E-state index is 12.8. The number of rotatable bonds is 7. The van der Waals surface area contributed by atoms with Crippen molar-refractivity contribution in [3.8, 4) is 0 Å². The average molecular weight is 575 g/mol. The Morgan fingerprint density at radius 1 is 1.00 bits per heavy atom. The number of urea groups is 1. The van der Waals surface area contributed by atoms with Gasteiger partial charge in [0.2, 0.25) is 0 Å². The Morgan fingerprint density at radius 2 is 1.68 bits per heavy atom. The normalized spacial score (nSPS) is 41.0. The third-order valence-corrected chi connectivity index (χ3v) is 14.0. The summed E-state index contributed by atoms with van der Waals surface area (Å²) in [4.78, 5) is 12.8. The molecule has 7 nitrogen and oxygen atoms in total. The van der Waals surface area contributed by atoms with Gasteiger partial charge in [0.25, 0.3) is 10.0 Å². The van der Waals surface area contributed by atoms with Crippen LogP contribution in [0.4, 0.5) is 4.79 Å². The van der Waals surface area contributed by atoms with Crippen LogP contribution in [0.15, 0.2) is 35.2 Å². The Bertz CT molecular complexity index is 1160. The van der Waals surface area contributed by atoms with Crippen LogP contribution in [-0.4, -0.2) is 54.8 Å². The molecule has 0 aromatic heterocycles. The van der Waals surface area contributed by atoms with Crippen molar-refractivity contribution in [2.45, 2.75) is 102 Å². The van der Waals surface area contributed by atoms with E-state index >= 15 is 0 Å². The number of nitrogens with zero attached hydrogens (tertiary/aromatic N) is 1. The van der Waals surface area contributed by atoms with Crippen LogP contribution in [0.5, 0.6) is 0 Å². The van der Waals surface area contributed by atoms with Gasteiger partial charge in [0.1, 0.15) is 0 Å². The fourth-order valence-electron chi connectivity index (χ4n) is 10.1. The molecule has 1 aromatic rings. The molecule has 0 bridgehead atoms. The minimum absolute atomic E-state index is 0.105. The van der Waals surface area contributed by atoms with E-state index in [9.17, 15) is 23.4 Å². The standard InChI is InChI=1S/C32H50N2O5S/c1-5-24-27-20-22(35)15-17-32(27,3)26-16-18-31(2)21(13-14-25(31)28(26)29(24)36)10-9-19-33-30(37)34(4)40(38,39)23-11-7-6-8-12-23/h6-8,11-12,21-22,24-29,35-36H,5,9-10,13-20H2,1-4H3,(H,33,37)/t21-,22+,24+,25-,26-,27-,28-,29+,31+,32+/m0/s1. The van der Waals surface area contributed by atoms with Gasteiger partial charge in [-0.15, -0.1) is 0 Å². The third-order valence-electron chi connectivity index (χ3n) is 12.3. The summed E-state index contributed by atoms with van der Waals surface area (Å²) in [5.74, 6) is 2.60. The average Bonchev–Trinajstić information content (AvgIpc) is 3.28. The Morgan fingerprint density at radius 3 is 2.38 bits per heavy atom. The van der Waals surface area contributed by atoms with E-state index in [1.807, 2.05) is 0 Å². The van der Waals surface area contributed by atoms with Crippen LogP contribution in [0.2, 0.25) is 0 Å². The van der Waals surface area contributed by atoms with Gasteiger partial charge in [0.15, 0.2) is 0 Å². The van der Waals surface area contributed by atoms with E-state index in [-0.39, 0.29) is 33.9 Å². The fourth-order valence-corrected chi connectivity index (χ4v) is 11.2. The lowest BCUT2D eigenvalue weighted by molar-refractivity contribution is -0.202. The number of amides is 2. The predicted molar refractivity (Wildman–Crippen MR) is 156 cm³/mol. The number of aliphatic hydroxyl groups is 2. The maximum Gasteiger partial charge on any atom is 0.331 e. The fraction of sp³-hybridized carbons (Fsp3) is 0.781. The first kappa shape index (κ1) is 29.8. The zero-order chi connectivity index (χ0) is 28.9. The van der Waals surface area contributed by atoms with Crippen molar-refractivity contribution in [1.29, 1.82) is 0 Å². The lowest BCUT2D eigenvalue weighted by Crippen LogP contribution is -2.62. The molecule has 0 heterocycles. The van der Waals surface area contributed by atoms with Crippen molar-refractivity contribution in [3.63, 3.8) is 0 Å². The summed E-state index contributed by atoms with van der Waals surface area (Å²) in [7, 11) is -2.57. The highest BCUT2D eigenvalue weighted by molar-refractivity contribution is 7.89.